The van der Waals surface area contributed by atoms with Crippen LogP contribution in [0.3, 0.4) is 0 Å². The number of nitrogens with one attached hydrogen (secondary N) is 2. The van der Waals surface area contributed by atoms with Crippen LogP contribution in [-0.4, -0.2) is 23.9 Å². The van der Waals surface area contributed by atoms with Crippen molar-refractivity contribution in [3.8, 4) is 0 Å². The number of amides is 2. The molecule has 0 saturated carbocycles. The summed E-state index contributed by atoms with van der Waals surface area (Å²) >= 11 is 0. The highest BCUT2D eigenvalue weighted by molar-refractivity contribution is 5.98. The van der Waals surface area contributed by atoms with Crippen LogP contribution in [0.15, 0.2) is 36.4 Å². The van der Waals surface area contributed by atoms with Gasteiger partial charge in [0.15, 0.2) is 5.78 Å². The number of carbonyl (C=O) groups excluding carboxylic acids is 4. The zero-order valence-electron chi connectivity index (χ0n) is 14.3. The molecule has 0 heterocycles. The van der Waals surface area contributed by atoms with E-state index in [1.165, 1.54) is 31.2 Å². The molecule has 2 N–H and O–H groups in total. The summed E-state index contributed by atoms with van der Waals surface area (Å²) in [5.41, 5.74) is 0.0768. The van der Waals surface area contributed by atoms with Gasteiger partial charge in [0, 0.05) is 24.0 Å². The van der Waals surface area contributed by atoms with Crippen molar-refractivity contribution in [3.05, 3.63) is 59.2 Å². The van der Waals surface area contributed by atoms with Gasteiger partial charge < -0.3 is 10.6 Å². The second kappa shape index (κ2) is 8.79. The van der Waals surface area contributed by atoms with Crippen molar-refractivity contribution in [1.82, 2.24) is 0 Å². The van der Waals surface area contributed by atoms with Crippen LogP contribution in [0, 0.1) is 11.6 Å². The summed E-state index contributed by atoms with van der Waals surface area (Å²) in [6.07, 6.45) is -0.0390. The summed E-state index contributed by atoms with van der Waals surface area (Å²) in [6, 6.07) is 7.20. The summed E-state index contributed by atoms with van der Waals surface area (Å²) in [7, 11) is 0. The van der Waals surface area contributed by atoms with Crippen LogP contribution in [0.2, 0.25) is 0 Å². The molecule has 0 saturated heterocycles. The largest absolute Gasteiger partial charge is 0.324 e. The first-order valence-electron chi connectivity index (χ1n) is 7.95. The highest BCUT2D eigenvalue weighted by Crippen LogP contribution is 2.17. The molecular formula is C19H16F2N2O4. The highest BCUT2D eigenvalue weighted by atomic mass is 19.1. The average Bonchev–Trinajstić information content (AvgIpc) is 2.63. The molecule has 0 aliphatic carbocycles. The van der Waals surface area contributed by atoms with E-state index in [0.717, 1.165) is 12.1 Å². The molecule has 2 rings (SSSR count). The smallest absolute Gasteiger partial charge is 0.224 e. The van der Waals surface area contributed by atoms with Crippen LogP contribution >= 0.6 is 0 Å². The van der Waals surface area contributed by atoms with Gasteiger partial charge in [-0.3, -0.25) is 19.2 Å². The molecule has 27 heavy (non-hydrogen) atoms. The van der Waals surface area contributed by atoms with Crippen LogP contribution in [-0.2, 0) is 9.59 Å². The van der Waals surface area contributed by atoms with Gasteiger partial charge in [0.1, 0.15) is 17.9 Å². The fraction of sp³-hybridized carbons (Fsp3) is 0.158. The van der Waals surface area contributed by atoms with Crippen LogP contribution in [0.4, 0.5) is 20.2 Å². The Labute approximate surface area is 153 Å². The molecule has 0 bridgehead atoms. The van der Waals surface area contributed by atoms with Crippen LogP contribution in [0.5, 0.6) is 0 Å². The summed E-state index contributed by atoms with van der Waals surface area (Å²) in [5.74, 6) is -3.08. The lowest BCUT2D eigenvalue weighted by atomic mass is 10.1. The second-order valence-electron chi connectivity index (χ2n) is 5.70. The molecule has 0 aliphatic heterocycles. The first kappa shape index (κ1) is 19.9. The molecule has 8 heteroatoms. The summed E-state index contributed by atoms with van der Waals surface area (Å²) < 4.78 is 27.5. The topological polar surface area (TPSA) is 92.3 Å². The van der Waals surface area contributed by atoms with E-state index in [-0.39, 0.29) is 41.1 Å². The summed E-state index contributed by atoms with van der Waals surface area (Å²) in [6.45, 7) is 1.29. The molecule has 2 amide bonds. The maximum atomic E-state index is 13.9. The van der Waals surface area contributed by atoms with E-state index in [2.05, 4.69) is 10.6 Å². The third-order valence-electron chi connectivity index (χ3n) is 3.63. The normalized spacial score (nSPS) is 10.2. The first-order chi connectivity index (χ1) is 12.8. The number of halogens is 2. The number of anilines is 2. The predicted octanol–water partition coefficient (Wildman–Crippen LogP) is 3.34. The first-order valence-corrected chi connectivity index (χ1v) is 7.95. The average molecular weight is 374 g/mol. The molecular weight excluding hydrogens is 358 g/mol. The molecule has 0 atom stereocenters. The maximum absolute atomic E-state index is 13.9. The summed E-state index contributed by atoms with van der Waals surface area (Å²) in [5, 5.41) is 4.59. The van der Waals surface area contributed by atoms with Gasteiger partial charge in [-0.05, 0) is 43.3 Å². The van der Waals surface area contributed by atoms with Crippen molar-refractivity contribution in [1.29, 1.82) is 0 Å². The Bertz CT molecular complexity index is 913. The minimum atomic E-state index is -0.773. The molecule has 140 valence electrons. The Kier molecular flexibility index (Phi) is 6.48. The van der Waals surface area contributed by atoms with Gasteiger partial charge in [0.2, 0.25) is 11.8 Å². The lowest BCUT2D eigenvalue weighted by Crippen LogP contribution is -2.18. The van der Waals surface area contributed by atoms with E-state index in [4.69, 9.17) is 0 Å². The fourth-order valence-electron chi connectivity index (χ4n) is 2.19. The van der Waals surface area contributed by atoms with Crippen LogP contribution < -0.4 is 10.6 Å². The van der Waals surface area contributed by atoms with Crippen molar-refractivity contribution in [2.24, 2.45) is 0 Å². The Morgan fingerprint density at radius 3 is 1.85 bits per heavy atom. The van der Waals surface area contributed by atoms with Crippen LogP contribution in [0.1, 0.15) is 40.5 Å². The van der Waals surface area contributed by atoms with E-state index in [1.54, 1.807) is 0 Å². The van der Waals surface area contributed by atoms with Crippen molar-refractivity contribution in [2.45, 2.75) is 19.8 Å². The molecule has 0 spiro atoms. The number of rotatable bonds is 7. The molecule has 6 nitrogen and oxygen atoms in total. The van der Waals surface area contributed by atoms with Gasteiger partial charge >= 0.3 is 0 Å². The number of hydrogen-bond acceptors (Lipinski definition) is 4. The van der Waals surface area contributed by atoms with Gasteiger partial charge in [-0.25, -0.2) is 8.78 Å². The minimum absolute atomic E-state index is 0.110. The quantitative estimate of drug-likeness (QED) is 0.574. The number of ketones is 1. The van der Waals surface area contributed by atoms with E-state index >= 15 is 0 Å². The van der Waals surface area contributed by atoms with Crippen LogP contribution in [0.25, 0.3) is 0 Å². The lowest BCUT2D eigenvalue weighted by molar-refractivity contribution is -0.121. The van der Waals surface area contributed by atoms with E-state index in [0.29, 0.717) is 6.29 Å². The van der Waals surface area contributed by atoms with Crippen molar-refractivity contribution in [3.63, 3.8) is 0 Å². The highest BCUT2D eigenvalue weighted by Gasteiger charge is 2.13. The molecule has 0 unspecified atom stereocenters. The standard InChI is InChI=1S/C19H16F2N2O4/c1-11(25)13-3-5-17(15(21)9-13)23-19(27)7-6-18(26)22-16-4-2-12(10-24)8-14(16)20/h2-5,8-10H,6-7H2,1H3,(H,22,26)(H,23,27). The maximum Gasteiger partial charge on any atom is 0.224 e. The number of benzene rings is 2. The predicted molar refractivity (Wildman–Crippen MR) is 94.7 cm³/mol. The molecule has 2 aromatic carbocycles. The van der Waals surface area contributed by atoms with Crippen molar-refractivity contribution >= 4 is 35.3 Å². The third kappa shape index (κ3) is 5.53. The number of Topliss-reactive ketones (excluding diaryl/α,β-unsaturated/α-hetero) is 1. The third-order valence-corrected chi connectivity index (χ3v) is 3.63. The number of carbonyl (C=O) groups is 4. The number of hydrogen-bond donors (Lipinski definition) is 2. The molecule has 2 aromatic rings. The Hall–Kier alpha value is -3.42. The molecule has 0 aromatic heterocycles. The number of aldehydes is 1. The van der Waals surface area contributed by atoms with E-state index in [9.17, 15) is 28.0 Å². The SMILES string of the molecule is CC(=O)c1ccc(NC(=O)CCC(=O)Nc2ccc(C=O)cc2F)c(F)c1. The van der Waals surface area contributed by atoms with Gasteiger partial charge in [0.05, 0.1) is 11.4 Å². The molecule has 0 aliphatic rings. The van der Waals surface area contributed by atoms with Gasteiger partial charge in [-0.1, -0.05) is 0 Å². The lowest BCUT2D eigenvalue weighted by Gasteiger charge is -2.08. The van der Waals surface area contributed by atoms with Gasteiger partial charge in [-0.2, -0.15) is 0 Å². The van der Waals surface area contributed by atoms with Crippen molar-refractivity contribution < 1.29 is 28.0 Å². The molecule has 0 fully saturated rings. The molecule has 0 radical (unpaired) electrons. The Morgan fingerprint density at radius 2 is 1.41 bits per heavy atom. The zero-order chi connectivity index (χ0) is 20.0. The fourth-order valence-corrected chi connectivity index (χ4v) is 2.19. The Morgan fingerprint density at radius 1 is 0.889 bits per heavy atom. The second-order valence-corrected chi connectivity index (χ2v) is 5.70. The van der Waals surface area contributed by atoms with Gasteiger partial charge in [-0.15, -0.1) is 0 Å². The Balaban J connectivity index is 1.89. The minimum Gasteiger partial charge on any atom is -0.324 e. The van der Waals surface area contributed by atoms with Crippen molar-refractivity contribution in [2.75, 3.05) is 10.6 Å². The monoisotopic (exact) mass is 374 g/mol. The zero-order valence-corrected chi connectivity index (χ0v) is 14.3. The van der Waals surface area contributed by atoms with E-state index < -0.39 is 23.4 Å². The summed E-state index contributed by atoms with van der Waals surface area (Å²) in [4.78, 5) is 45.4. The van der Waals surface area contributed by atoms with E-state index in [1.807, 2.05) is 0 Å². The van der Waals surface area contributed by atoms with Gasteiger partial charge in [0.25, 0.3) is 0 Å².